The van der Waals surface area contributed by atoms with E-state index < -0.39 is 5.41 Å². The molecule has 1 aromatic heterocycles. The van der Waals surface area contributed by atoms with Crippen LogP contribution in [-0.2, 0) is 11.2 Å². The molecular formula is C27H28FN3O2. The number of hydrogen-bond acceptors (Lipinski definition) is 3. The Morgan fingerprint density at radius 1 is 1.09 bits per heavy atom. The Kier molecular flexibility index (Phi) is 6.82. The summed E-state index contributed by atoms with van der Waals surface area (Å²) in [7, 11) is 0. The van der Waals surface area contributed by atoms with Gasteiger partial charge in [0.2, 0.25) is 5.91 Å². The summed E-state index contributed by atoms with van der Waals surface area (Å²) in [5, 5.41) is 2.98. The van der Waals surface area contributed by atoms with Gasteiger partial charge in [0.25, 0.3) is 5.91 Å². The number of likely N-dealkylation sites (tertiary alicyclic amines) is 1. The SMILES string of the molecule is CCNC(=O)[C@]1(Cc2ccc(-c3ccccc3F)cc2)CCCN(C(=O)c2cccnc2)C1. The van der Waals surface area contributed by atoms with Crippen molar-refractivity contribution in [3.05, 3.63) is 90.0 Å². The topological polar surface area (TPSA) is 62.3 Å². The predicted molar refractivity (Wildman–Crippen MR) is 126 cm³/mol. The van der Waals surface area contributed by atoms with Crippen LogP contribution in [0.3, 0.4) is 0 Å². The molecule has 6 heteroatoms. The summed E-state index contributed by atoms with van der Waals surface area (Å²) in [5.41, 5.74) is 2.14. The van der Waals surface area contributed by atoms with E-state index in [1.54, 1.807) is 41.6 Å². The molecule has 2 heterocycles. The van der Waals surface area contributed by atoms with Gasteiger partial charge in [-0.2, -0.15) is 0 Å². The van der Waals surface area contributed by atoms with Crippen LogP contribution in [0.15, 0.2) is 73.1 Å². The van der Waals surface area contributed by atoms with Crippen LogP contribution in [0.1, 0.15) is 35.7 Å². The summed E-state index contributed by atoms with van der Waals surface area (Å²) < 4.78 is 14.2. The number of carbonyl (C=O) groups is 2. The van der Waals surface area contributed by atoms with Crippen LogP contribution in [0, 0.1) is 11.2 Å². The summed E-state index contributed by atoms with van der Waals surface area (Å²) in [4.78, 5) is 32.1. The second-order valence-corrected chi connectivity index (χ2v) is 8.57. The van der Waals surface area contributed by atoms with Crippen LogP contribution in [0.4, 0.5) is 4.39 Å². The first-order chi connectivity index (χ1) is 16.0. The van der Waals surface area contributed by atoms with Crippen LogP contribution in [0.2, 0.25) is 0 Å². The first-order valence-corrected chi connectivity index (χ1v) is 11.3. The third-order valence-electron chi connectivity index (χ3n) is 6.27. The molecular weight excluding hydrogens is 417 g/mol. The maximum Gasteiger partial charge on any atom is 0.255 e. The molecule has 33 heavy (non-hydrogen) atoms. The number of rotatable bonds is 6. The molecule has 1 aliphatic rings. The van der Waals surface area contributed by atoms with Crippen molar-refractivity contribution in [3.8, 4) is 11.1 Å². The third-order valence-corrected chi connectivity index (χ3v) is 6.27. The minimum atomic E-state index is -0.717. The van der Waals surface area contributed by atoms with Gasteiger partial charge in [-0.05, 0) is 55.5 Å². The van der Waals surface area contributed by atoms with Gasteiger partial charge in [0.1, 0.15) is 5.82 Å². The maximum atomic E-state index is 14.2. The molecule has 1 aliphatic heterocycles. The van der Waals surface area contributed by atoms with Crippen LogP contribution in [-0.4, -0.2) is 41.3 Å². The van der Waals surface area contributed by atoms with Gasteiger partial charge in [0, 0.05) is 37.6 Å². The molecule has 0 bridgehead atoms. The van der Waals surface area contributed by atoms with Crippen LogP contribution in [0.5, 0.6) is 0 Å². The lowest BCUT2D eigenvalue weighted by atomic mass is 9.74. The molecule has 2 aromatic carbocycles. The normalized spacial score (nSPS) is 18.1. The van der Waals surface area contributed by atoms with E-state index >= 15 is 0 Å². The van der Waals surface area contributed by atoms with E-state index in [1.807, 2.05) is 37.3 Å². The molecule has 1 atom stereocenters. The van der Waals surface area contributed by atoms with Gasteiger partial charge >= 0.3 is 0 Å². The Bertz CT molecular complexity index is 1120. The summed E-state index contributed by atoms with van der Waals surface area (Å²) in [6.45, 7) is 3.39. The summed E-state index contributed by atoms with van der Waals surface area (Å²) in [5.74, 6) is -0.404. The Hall–Kier alpha value is -3.54. The maximum absolute atomic E-state index is 14.2. The van der Waals surface area contributed by atoms with Crippen molar-refractivity contribution in [1.82, 2.24) is 15.2 Å². The molecule has 4 rings (SSSR count). The Morgan fingerprint density at radius 3 is 2.58 bits per heavy atom. The highest BCUT2D eigenvalue weighted by molar-refractivity contribution is 5.94. The number of nitrogens with one attached hydrogen (secondary N) is 1. The lowest BCUT2D eigenvalue weighted by Gasteiger charge is -2.42. The zero-order valence-electron chi connectivity index (χ0n) is 18.8. The lowest BCUT2D eigenvalue weighted by molar-refractivity contribution is -0.133. The number of amides is 2. The van der Waals surface area contributed by atoms with Crippen molar-refractivity contribution in [2.24, 2.45) is 5.41 Å². The monoisotopic (exact) mass is 445 g/mol. The van der Waals surface area contributed by atoms with Crippen molar-refractivity contribution >= 4 is 11.8 Å². The second-order valence-electron chi connectivity index (χ2n) is 8.57. The van der Waals surface area contributed by atoms with Crippen molar-refractivity contribution in [2.45, 2.75) is 26.2 Å². The number of piperidine rings is 1. The fourth-order valence-corrected chi connectivity index (χ4v) is 4.62. The van der Waals surface area contributed by atoms with E-state index in [0.717, 1.165) is 17.5 Å². The number of aromatic nitrogens is 1. The zero-order chi connectivity index (χ0) is 23.3. The minimum absolute atomic E-state index is 0.0353. The molecule has 0 aliphatic carbocycles. The molecule has 0 radical (unpaired) electrons. The van der Waals surface area contributed by atoms with Crippen molar-refractivity contribution in [2.75, 3.05) is 19.6 Å². The highest BCUT2D eigenvalue weighted by atomic mass is 19.1. The number of pyridine rings is 1. The molecule has 1 saturated heterocycles. The van der Waals surface area contributed by atoms with E-state index in [4.69, 9.17) is 0 Å². The predicted octanol–water partition coefficient (Wildman–Crippen LogP) is 4.49. The van der Waals surface area contributed by atoms with Crippen molar-refractivity contribution in [3.63, 3.8) is 0 Å². The Morgan fingerprint density at radius 2 is 1.88 bits per heavy atom. The Balaban J connectivity index is 1.59. The summed E-state index contributed by atoms with van der Waals surface area (Å²) in [6, 6.07) is 17.9. The standard InChI is InChI=1S/C27H28FN3O2/c1-2-30-26(33)27(14-6-16-31(19-27)25(32)22-7-5-15-29-18-22)17-20-10-12-21(13-11-20)23-8-3-4-9-24(23)28/h3-5,7-13,15,18H,2,6,14,16-17,19H2,1H3,(H,30,33)/t27-/m0/s1. The van der Waals surface area contributed by atoms with Crippen LogP contribution in [0.25, 0.3) is 11.1 Å². The molecule has 170 valence electrons. The third kappa shape index (κ3) is 4.95. The highest BCUT2D eigenvalue weighted by Gasteiger charge is 2.43. The quantitative estimate of drug-likeness (QED) is 0.608. The molecule has 0 unspecified atom stereocenters. The fourth-order valence-electron chi connectivity index (χ4n) is 4.62. The van der Waals surface area contributed by atoms with E-state index in [-0.39, 0.29) is 17.6 Å². The lowest BCUT2D eigenvalue weighted by Crippen LogP contribution is -2.54. The van der Waals surface area contributed by atoms with Gasteiger partial charge in [-0.25, -0.2) is 4.39 Å². The number of nitrogens with zero attached hydrogens (tertiary/aromatic N) is 2. The van der Waals surface area contributed by atoms with Gasteiger partial charge in [0.15, 0.2) is 0 Å². The number of carbonyl (C=O) groups excluding carboxylic acids is 2. The molecule has 1 N–H and O–H groups in total. The number of benzene rings is 2. The van der Waals surface area contributed by atoms with Crippen LogP contribution >= 0.6 is 0 Å². The average Bonchev–Trinajstić information content (AvgIpc) is 2.85. The van der Waals surface area contributed by atoms with Gasteiger partial charge in [-0.3, -0.25) is 14.6 Å². The fraction of sp³-hybridized carbons (Fsp3) is 0.296. The van der Waals surface area contributed by atoms with Gasteiger partial charge < -0.3 is 10.2 Å². The molecule has 0 spiro atoms. The highest BCUT2D eigenvalue weighted by Crippen LogP contribution is 2.35. The Labute approximate surface area is 193 Å². The van der Waals surface area contributed by atoms with Gasteiger partial charge in [0.05, 0.1) is 11.0 Å². The molecule has 2 amide bonds. The van der Waals surface area contributed by atoms with E-state index in [9.17, 15) is 14.0 Å². The average molecular weight is 446 g/mol. The second kappa shape index (κ2) is 9.94. The van der Waals surface area contributed by atoms with Crippen LogP contribution < -0.4 is 5.32 Å². The number of hydrogen-bond donors (Lipinski definition) is 1. The molecule has 5 nitrogen and oxygen atoms in total. The van der Waals surface area contributed by atoms with Crippen molar-refractivity contribution < 1.29 is 14.0 Å². The number of halogens is 1. The first-order valence-electron chi connectivity index (χ1n) is 11.3. The smallest absolute Gasteiger partial charge is 0.255 e. The zero-order valence-corrected chi connectivity index (χ0v) is 18.8. The minimum Gasteiger partial charge on any atom is -0.356 e. The largest absolute Gasteiger partial charge is 0.356 e. The molecule has 1 fully saturated rings. The molecule has 0 saturated carbocycles. The molecule has 3 aromatic rings. The first kappa shape index (κ1) is 22.6. The van der Waals surface area contributed by atoms with E-state index in [0.29, 0.717) is 43.6 Å². The summed E-state index contributed by atoms with van der Waals surface area (Å²) >= 11 is 0. The van der Waals surface area contributed by atoms with E-state index in [1.165, 1.54) is 6.07 Å². The van der Waals surface area contributed by atoms with Gasteiger partial charge in [-0.1, -0.05) is 42.5 Å². The van der Waals surface area contributed by atoms with E-state index in [2.05, 4.69) is 10.3 Å². The summed E-state index contributed by atoms with van der Waals surface area (Å²) in [6.07, 6.45) is 5.15. The van der Waals surface area contributed by atoms with Crippen molar-refractivity contribution in [1.29, 1.82) is 0 Å². The van der Waals surface area contributed by atoms with Gasteiger partial charge in [-0.15, -0.1) is 0 Å².